The summed E-state index contributed by atoms with van der Waals surface area (Å²) in [7, 11) is 4.54. The van der Waals surface area contributed by atoms with Gasteiger partial charge in [-0.05, 0) is 36.2 Å². The van der Waals surface area contributed by atoms with Crippen LogP contribution in [0.3, 0.4) is 0 Å². The van der Waals surface area contributed by atoms with E-state index < -0.39 is 17.7 Å². The number of aliphatic hydroxyl groups is 1. The van der Waals surface area contributed by atoms with Crippen LogP contribution in [-0.2, 0) is 9.59 Å². The SMILES string of the molecule is CCCCN1C(=O)C(=O)/C(=C(\O)c2ccc(OC)cc2OC)C1c1cccc(OC)c1. The zero-order chi connectivity index (χ0) is 22.5. The first-order valence-corrected chi connectivity index (χ1v) is 10.1. The smallest absolute Gasteiger partial charge is 0.295 e. The Hall–Kier alpha value is -3.48. The van der Waals surface area contributed by atoms with E-state index in [2.05, 4.69) is 0 Å². The van der Waals surface area contributed by atoms with E-state index >= 15 is 0 Å². The molecular weight excluding hydrogens is 398 g/mol. The number of rotatable bonds is 8. The molecule has 3 rings (SSSR count). The molecule has 0 saturated carbocycles. The van der Waals surface area contributed by atoms with Gasteiger partial charge in [-0.3, -0.25) is 9.59 Å². The van der Waals surface area contributed by atoms with Gasteiger partial charge in [0.2, 0.25) is 0 Å². The van der Waals surface area contributed by atoms with Crippen molar-refractivity contribution in [3.05, 3.63) is 59.2 Å². The van der Waals surface area contributed by atoms with Crippen molar-refractivity contribution in [1.29, 1.82) is 0 Å². The van der Waals surface area contributed by atoms with Crippen LogP contribution in [-0.4, -0.2) is 49.6 Å². The molecule has 164 valence electrons. The van der Waals surface area contributed by atoms with Gasteiger partial charge in [0.05, 0.1) is 38.5 Å². The highest BCUT2D eigenvalue weighted by Gasteiger charge is 2.46. The first-order valence-electron chi connectivity index (χ1n) is 10.1. The summed E-state index contributed by atoms with van der Waals surface area (Å²) < 4.78 is 15.9. The number of carbonyl (C=O) groups excluding carboxylic acids is 2. The van der Waals surface area contributed by atoms with Crippen LogP contribution >= 0.6 is 0 Å². The Morgan fingerprint density at radius 2 is 1.71 bits per heavy atom. The number of amides is 1. The average molecular weight is 425 g/mol. The summed E-state index contributed by atoms with van der Waals surface area (Å²) in [6, 6.07) is 11.3. The molecule has 1 saturated heterocycles. The minimum absolute atomic E-state index is 0.0258. The van der Waals surface area contributed by atoms with Crippen molar-refractivity contribution in [2.45, 2.75) is 25.8 Å². The molecule has 0 aromatic heterocycles. The Morgan fingerprint density at radius 1 is 1.00 bits per heavy atom. The number of Topliss-reactive ketones (excluding diaryl/α,β-unsaturated/α-hetero) is 1. The van der Waals surface area contributed by atoms with E-state index in [4.69, 9.17) is 14.2 Å². The number of hydrogen-bond acceptors (Lipinski definition) is 6. The quantitative estimate of drug-likeness (QED) is 0.392. The van der Waals surface area contributed by atoms with Crippen LogP contribution in [0.2, 0.25) is 0 Å². The van der Waals surface area contributed by atoms with E-state index in [0.29, 0.717) is 34.9 Å². The highest BCUT2D eigenvalue weighted by molar-refractivity contribution is 6.46. The number of ether oxygens (including phenoxy) is 3. The highest BCUT2D eigenvalue weighted by Crippen LogP contribution is 2.42. The summed E-state index contributed by atoms with van der Waals surface area (Å²) >= 11 is 0. The molecule has 31 heavy (non-hydrogen) atoms. The van der Waals surface area contributed by atoms with Crippen molar-refractivity contribution >= 4 is 17.4 Å². The van der Waals surface area contributed by atoms with Crippen molar-refractivity contribution in [2.24, 2.45) is 0 Å². The predicted molar refractivity (Wildman–Crippen MR) is 116 cm³/mol. The van der Waals surface area contributed by atoms with Crippen molar-refractivity contribution in [1.82, 2.24) is 4.90 Å². The van der Waals surface area contributed by atoms with Crippen LogP contribution in [0.5, 0.6) is 17.2 Å². The fourth-order valence-electron chi connectivity index (χ4n) is 3.74. The van der Waals surface area contributed by atoms with Gasteiger partial charge in [-0.1, -0.05) is 25.5 Å². The second-order valence-electron chi connectivity index (χ2n) is 7.19. The maximum Gasteiger partial charge on any atom is 0.295 e. The van der Waals surface area contributed by atoms with Crippen molar-refractivity contribution in [3.63, 3.8) is 0 Å². The fourth-order valence-corrected chi connectivity index (χ4v) is 3.74. The molecule has 1 atom stereocenters. The van der Waals surface area contributed by atoms with Gasteiger partial charge in [0.25, 0.3) is 11.7 Å². The minimum atomic E-state index is -0.728. The first-order chi connectivity index (χ1) is 15.0. The third kappa shape index (κ3) is 4.21. The van der Waals surface area contributed by atoms with E-state index in [9.17, 15) is 14.7 Å². The van der Waals surface area contributed by atoms with E-state index in [0.717, 1.165) is 12.8 Å². The number of unbranched alkanes of at least 4 members (excludes halogenated alkanes) is 1. The zero-order valence-electron chi connectivity index (χ0n) is 18.2. The lowest BCUT2D eigenvalue weighted by molar-refractivity contribution is -0.139. The molecule has 7 nitrogen and oxygen atoms in total. The maximum atomic E-state index is 13.0. The summed E-state index contributed by atoms with van der Waals surface area (Å²) in [5, 5.41) is 11.2. The van der Waals surface area contributed by atoms with Crippen LogP contribution in [0, 0.1) is 0 Å². The van der Waals surface area contributed by atoms with Crippen LogP contribution in [0.4, 0.5) is 0 Å². The normalized spacial score (nSPS) is 17.7. The number of methoxy groups -OCH3 is 3. The van der Waals surface area contributed by atoms with E-state index in [-0.39, 0.29) is 11.3 Å². The molecule has 2 aromatic carbocycles. The van der Waals surface area contributed by atoms with Gasteiger partial charge in [0.15, 0.2) is 0 Å². The Bertz CT molecular complexity index is 1010. The monoisotopic (exact) mass is 425 g/mol. The van der Waals surface area contributed by atoms with Gasteiger partial charge < -0.3 is 24.2 Å². The van der Waals surface area contributed by atoms with Crippen LogP contribution < -0.4 is 14.2 Å². The molecule has 0 spiro atoms. The van der Waals surface area contributed by atoms with Crippen LogP contribution in [0.1, 0.15) is 36.9 Å². The van der Waals surface area contributed by atoms with E-state index in [1.54, 1.807) is 43.5 Å². The fraction of sp³-hybridized carbons (Fsp3) is 0.333. The Morgan fingerprint density at radius 3 is 2.35 bits per heavy atom. The molecule has 7 heteroatoms. The van der Waals surface area contributed by atoms with Gasteiger partial charge in [-0.2, -0.15) is 0 Å². The Labute approximate surface area is 181 Å². The molecule has 1 unspecified atom stereocenters. The number of hydrogen-bond donors (Lipinski definition) is 1. The molecule has 0 bridgehead atoms. The molecule has 2 aromatic rings. The molecule has 1 amide bonds. The summed E-state index contributed by atoms with van der Waals surface area (Å²) in [6.45, 7) is 2.42. The van der Waals surface area contributed by atoms with Gasteiger partial charge in [-0.25, -0.2) is 0 Å². The Balaban J connectivity index is 2.21. The van der Waals surface area contributed by atoms with Gasteiger partial charge >= 0.3 is 0 Å². The lowest BCUT2D eigenvalue weighted by Gasteiger charge is -2.25. The number of likely N-dealkylation sites (tertiary alicyclic amines) is 1. The summed E-state index contributed by atoms with van der Waals surface area (Å²) in [5.74, 6) is -0.165. The molecule has 1 aliphatic rings. The Kier molecular flexibility index (Phi) is 6.84. The molecule has 1 fully saturated rings. The standard InChI is InChI=1S/C24H27NO6/c1-5-6-12-25-21(15-8-7-9-16(13-15)29-2)20(23(27)24(25)28)22(26)18-11-10-17(30-3)14-19(18)31-4/h7-11,13-14,21,26H,5-6,12H2,1-4H3/b22-20-. The number of nitrogens with zero attached hydrogens (tertiary/aromatic N) is 1. The maximum absolute atomic E-state index is 13.0. The summed E-state index contributed by atoms with van der Waals surface area (Å²) in [4.78, 5) is 27.5. The summed E-state index contributed by atoms with van der Waals surface area (Å²) in [5.41, 5.74) is 1.02. The topological polar surface area (TPSA) is 85.3 Å². The minimum Gasteiger partial charge on any atom is -0.507 e. The molecule has 1 heterocycles. The second kappa shape index (κ2) is 9.55. The molecule has 1 aliphatic heterocycles. The van der Waals surface area contributed by atoms with Crippen molar-refractivity contribution < 1.29 is 28.9 Å². The number of aliphatic hydroxyl groups excluding tert-OH is 1. The van der Waals surface area contributed by atoms with Gasteiger partial charge in [0.1, 0.15) is 23.0 Å². The number of carbonyl (C=O) groups is 2. The molecule has 0 radical (unpaired) electrons. The van der Waals surface area contributed by atoms with Gasteiger partial charge in [0, 0.05) is 12.6 Å². The zero-order valence-corrected chi connectivity index (χ0v) is 18.2. The second-order valence-corrected chi connectivity index (χ2v) is 7.19. The van der Waals surface area contributed by atoms with Gasteiger partial charge in [-0.15, -0.1) is 0 Å². The lowest BCUT2D eigenvalue weighted by atomic mass is 9.94. The third-order valence-corrected chi connectivity index (χ3v) is 5.37. The first kappa shape index (κ1) is 22.2. The number of ketones is 1. The predicted octanol–water partition coefficient (Wildman–Crippen LogP) is 3.93. The lowest BCUT2D eigenvalue weighted by Crippen LogP contribution is -2.30. The third-order valence-electron chi connectivity index (χ3n) is 5.37. The largest absolute Gasteiger partial charge is 0.507 e. The van der Waals surface area contributed by atoms with Crippen molar-refractivity contribution in [3.8, 4) is 17.2 Å². The summed E-state index contributed by atoms with van der Waals surface area (Å²) in [6.07, 6.45) is 1.60. The van der Waals surface area contributed by atoms with Crippen LogP contribution in [0.15, 0.2) is 48.0 Å². The number of benzene rings is 2. The molecule has 1 N–H and O–H groups in total. The van der Waals surface area contributed by atoms with E-state index in [1.807, 2.05) is 13.0 Å². The molecule has 0 aliphatic carbocycles. The van der Waals surface area contributed by atoms with Crippen LogP contribution in [0.25, 0.3) is 5.76 Å². The highest BCUT2D eigenvalue weighted by atomic mass is 16.5. The average Bonchev–Trinajstić information content (AvgIpc) is 3.06. The van der Waals surface area contributed by atoms with Crippen molar-refractivity contribution in [2.75, 3.05) is 27.9 Å². The van der Waals surface area contributed by atoms with E-state index in [1.165, 1.54) is 19.1 Å². The molecular formula is C24H27NO6.